The third-order valence-corrected chi connectivity index (χ3v) is 4.04. The van der Waals surface area contributed by atoms with Gasteiger partial charge < -0.3 is 4.57 Å². The maximum atomic E-state index is 12.7. The second kappa shape index (κ2) is 5.45. The Morgan fingerprint density at radius 1 is 0.955 bits per heavy atom. The summed E-state index contributed by atoms with van der Waals surface area (Å²) in [4.78, 5) is 12.7. The molecule has 0 saturated heterocycles. The van der Waals surface area contributed by atoms with Gasteiger partial charge in [0.05, 0.1) is 6.54 Å². The molecule has 112 valence electrons. The van der Waals surface area contributed by atoms with Gasteiger partial charge in [0.1, 0.15) is 0 Å². The number of hydrogen-bond acceptors (Lipinski definition) is 1. The Morgan fingerprint density at radius 2 is 1.68 bits per heavy atom. The zero-order valence-electron chi connectivity index (χ0n) is 13.3. The molecule has 0 aliphatic carbocycles. The first-order valence-corrected chi connectivity index (χ1v) is 7.63. The molecule has 2 nitrogen and oxygen atoms in total. The van der Waals surface area contributed by atoms with Crippen LogP contribution in [-0.4, -0.2) is 4.57 Å². The molecule has 3 aromatic rings. The summed E-state index contributed by atoms with van der Waals surface area (Å²) in [6.07, 6.45) is 1.89. The number of rotatable bonds is 2. The van der Waals surface area contributed by atoms with E-state index in [-0.39, 0.29) is 11.0 Å². The molecule has 0 unspecified atom stereocenters. The van der Waals surface area contributed by atoms with E-state index in [9.17, 15) is 4.79 Å². The first-order valence-electron chi connectivity index (χ1n) is 7.63. The van der Waals surface area contributed by atoms with Gasteiger partial charge in [0, 0.05) is 11.6 Å². The molecule has 3 rings (SSSR count). The molecule has 0 bridgehead atoms. The van der Waals surface area contributed by atoms with Crippen LogP contribution in [-0.2, 0) is 12.0 Å². The van der Waals surface area contributed by atoms with Crippen molar-refractivity contribution in [2.45, 2.75) is 32.7 Å². The van der Waals surface area contributed by atoms with Gasteiger partial charge in [0.25, 0.3) is 5.56 Å². The molecule has 1 aromatic heterocycles. The number of nitrogens with zero attached hydrogens (tertiary/aromatic N) is 1. The Labute approximate surface area is 131 Å². The van der Waals surface area contributed by atoms with E-state index < -0.39 is 0 Å². The van der Waals surface area contributed by atoms with Crippen LogP contribution in [0.2, 0.25) is 0 Å². The highest BCUT2D eigenvalue weighted by molar-refractivity contribution is 5.82. The van der Waals surface area contributed by atoms with Gasteiger partial charge >= 0.3 is 0 Å². The van der Waals surface area contributed by atoms with Crippen LogP contribution in [0.3, 0.4) is 0 Å². The quantitative estimate of drug-likeness (QED) is 0.688. The molecular weight excluding hydrogens is 270 g/mol. The van der Waals surface area contributed by atoms with Gasteiger partial charge in [-0.1, -0.05) is 63.2 Å². The topological polar surface area (TPSA) is 22.0 Å². The summed E-state index contributed by atoms with van der Waals surface area (Å²) in [5, 5.41) is 1.80. The van der Waals surface area contributed by atoms with Crippen molar-refractivity contribution in [1.82, 2.24) is 4.57 Å². The number of aromatic nitrogens is 1. The Bertz CT molecular complexity index is 854. The van der Waals surface area contributed by atoms with Crippen molar-refractivity contribution in [3.8, 4) is 0 Å². The van der Waals surface area contributed by atoms with Crippen LogP contribution in [0.25, 0.3) is 10.8 Å². The highest BCUT2D eigenvalue weighted by Crippen LogP contribution is 2.24. The summed E-state index contributed by atoms with van der Waals surface area (Å²) in [6, 6.07) is 18.3. The standard InChI is InChI=1S/C20H21NO/c1-20(2,3)17-9-10-18-16(13-17)11-12-21(19(18)22)14-15-7-5-4-6-8-15/h4-13H,14H2,1-3H3. The highest BCUT2D eigenvalue weighted by atomic mass is 16.1. The van der Waals surface area contributed by atoms with Gasteiger partial charge in [-0.05, 0) is 34.1 Å². The van der Waals surface area contributed by atoms with Crippen molar-refractivity contribution in [2.24, 2.45) is 0 Å². The fraction of sp³-hybridized carbons (Fsp3) is 0.250. The Balaban J connectivity index is 2.05. The van der Waals surface area contributed by atoms with Gasteiger partial charge in [-0.15, -0.1) is 0 Å². The van der Waals surface area contributed by atoms with Crippen LogP contribution in [0.4, 0.5) is 0 Å². The van der Waals surface area contributed by atoms with Crippen molar-refractivity contribution in [2.75, 3.05) is 0 Å². The Hall–Kier alpha value is -2.35. The first kappa shape index (κ1) is 14.6. The SMILES string of the molecule is CC(C)(C)c1ccc2c(=O)n(Cc3ccccc3)ccc2c1. The summed E-state index contributed by atoms with van der Waals surface area (Å²) in [7, 11) is 0. The van der Waals surface area contributed by atoms with Crippen LogP contribution in [0.5, 0.6) is 0 Å². The van der Waals surface area contributed by atoms with Crippen molar-refractivity contribution in [3.05, 3.63) is 82.3 Å². The minimum absolute atomic E-state index is 0.0711. The van der Waals surface area contributed by atoms with E-state index in [1.807, 2.05) is 48.7 Å². The summed E-state index contributed by atoms with van der Waals surface area (Å²) in [6.45, 7) is 7.16. The Kier molecular flexibility index (Phi) is 3.61. The molecule has 22 heavy (non-hydrogen) atoms. The van der Waals surface area contributed by atoms with Crippen molar-refractivity contribution < 1.29 is 0 Å². The fourth-order valence-corrected chi connectivity index (χ4v) is 2.66. The molecule has 2 aromatic carbocycles. The smallest absolute Gasteiger partial charge is 0.258 e. The zero-order chi connectivity index (χ0) is 15.7. The van der Waals surface area contributed by atoms with Gasteiger partial charge in [-0.25, -0.2) is 0 Å². The minimum atomic E-state index is 0.0711. The zero-order valence-corrected chi connectivity index (χ0v) is 13.3. The highest BCUT2D eigenvalue weighted by Gasteiger charge is 2.14. The summed E-state index contributed by atoms with van der Waals surface area (Å²) < 4.78 is 1.77. The number of fused-ring (bicyclic) bond motifs is 1. The lowest BCUT2D eigenvalue weighted by atomic mass is 9.86. The van der Waals surface area contributed by atoms with E-state index in [0.717, 1.165) is 16.3 Å². The normalized spacial score (nSPS) is 11.8. The van der Waals surface area contributed by atoms with Crippen LogP contribution >= 0.6 is 0 Å². The van der Waals surface area contributed by atoms with E-state index in [1.54, 1.807) is 4.57 Å². The maximum absolute atomic E-state index is 12.7. The van der Waals surface area contributed by atoms with E-state index in [1.165, 1.54) is 5.56 Å². The monoisotopic (exact) mass is 291 g/mol. The van der Waals surface area contributed by atoms with Crippen LogP contribution in [0, 0.1) is 0 Å². The molecule has 0 N–H and O–H groups in total. The molecular formula is C20H21NO. The predicted molar refractivity (Wildman–Crippen MR) is 92.5 cm³/mol. The Morgan fingerprint density at radius 3 is 2.36 bits per heavy atom. The number of hydrogen-bond donors (Lipinski definition) is 0. The molecule has 0 atom stereocenters. The van der Waals surface area contributed by atoms with Crippen molar-refractivity contribution >= 4 is 10.8 Å². The number of pyridine rings is 1. The van der Waals surface area contributed by atoms with Crippen molar-refractivity contribution in [1.29, 1.82) is 0 Å². The third-order valence-electron chi connectivity index (χ3n) is 4.04. The molecule has 2 heteroatoms. The predicted octanol–water partition coefficient (Wildman–Crippen LogP) is 4.35. The molecule has 1 heterocycles. The second-order valence-corrected chi connectivity index (χ2v) is 6.79. The van der Waals surface area contributed by atoms with Crippen LogP contribution < -0.4 is 5.56 Å². The average Bonchev–Trinajstić information content (AvgIpc) is 2.50. The van der Waals surface area contributed by atoms with E-state index in [0.29, 0.717) is 6.54 Å². The van der Waals surface area contributed by atoms with Crippen molar-refractivity contribution in [3.63, 3.8) is 0 Å². The summed E-state index contributed by atoms with van der Waals surface area (Å²) in [5.74, 6) is 0. The number of benzene rings is 2. The van der Waals surface area contributed by atoms with E-state index in [4.69, 9.17) is 0 Å². The van der Waals surface area contributed by atoms with E-state index >= 15 is 0 Å². The average molecular weight is 291 g/mol. The van der Waals surface area contributed by atoms with Gasteiger partial charge in [0.2, 0.25) is 0 Å². The summed E-state index contributed by atoms with van der Waals surface area (Å²) >= 11 is 0. The van der Waals surface area contributed by atoms with Crippen LogP contribution in [0.15, 0.2) is 65.6 Å². The fourth-order valence-electron chi connectivity index (χ4n) is 2.66. The summed E-state index contributed by atoms with van der Waals surface area (Å²) in [5.41, 5.74) is 2.55. The molecule has 0 saturated carbocycles. The molecule has 0 amide bonds. The molecule has 0 aliphatic rings. The van der Waals surface area contributed by atoms with Gasteiger partial charge in [-0.2, -0.15) is 0 Å². The van der Waals surface area contributed by atoms with E-state index in [2.05, 4.69) is 32.9 Å². The van der Waals surface area contributed by atoms with Gasteiger partial charge in [0.15, 0.2) is 0 Å². The third kappa shape index (κ3) is 2.82. The molecule has 0 aliphatic heterocycles. The second-order valence-electron chi connectivity index (χ2n) is 6.79. The van der Waals surface area contributed by atoms with Gasteiger partial charge in [-0.3, -0.25) is 4.79 Å². The lowest BCUT2D eigenvalue weighted by Crippen LogP contribution is -2.20. The lowest BCUT2D eigenvalue weighted by Gasteiger charge is -2.19. The molecule has 0 fully saturated rings. The lowest BCUT2D eigenvalue weighted by molar-refractivity contribution is 0.591. The molecule has 0 radical (unpaired) electrons. The van der Waals surface area contributed by atoms with Crippen LogP contribution in [0.1, 0.15) is 31.9 Å². The first-order chi connectivity index (χ1) is 10.4. The minimum Gasteiger partial charge on any atom is -0.311 e. The maximum Gasteiger partial charge on any atom is 0.258 e. The molecule has 0 spiro atoms. The largest absolute Gasteiger partial charge is 0.311 e.